The maximum atomic E-state index is 12.8. The molecular formula is C15H13F3N2O3S. The van der Waals surface area contributed by atoms with Gasteiger partial charge in [-0.2, -0.15) is 13.2 Å². The Labute approximate surface area is 136 Å². The lowest BCUT2D eigenvalue weighted by atomic mass is 10.2. The first-order chi connectivity index (χ1) is 11.2. The van der Waals surface area contributed by atoms with Crippen molar-refractivity contribution in [1.29, 1.82) is 0 Å². The Hall–Kier alpha value is -2.42. The van der Waals surface area contributed by atoms with E-state index >= 15 is 0 Å². The zero-order chi connectivity index (χ0) is 17.5. The Morgan fingerprint density at radius 2 is 1.75 bits per heavy atom. The van der Waals surface area contributed by atoms with Gasteiger partial charge in [-0.1, -0.05) is 0 Å². The van der Waals surface area contributed by atoms with Gasteiger partial charge < -0.3 is 10.5 Å². The summed E-state index contributed by atoms with van der Waals surface area (Å²) in [6.45, 7) is 0.0411. The van der Waals surface area contributed by atoms with E-state index in [-0.39, 0.29) is 35.2 Å². The summed E-state index contributed by atoms with van der Waals surface area (Å²) in [6.07, 6.45) is -4.49. The van der Waals surface area contributed by atoms with Gasteiger partial charge in [-0.3, -0.25) is 4.31 Å². The normalized spacial score (nSPS) is 16.9. The third kappa shape index (κ3) is 2.86. The van der Waals surface area contributed by atoms with Crippen LogP contribution in [0.1, 0.15) is 5.56 Å². The minimum Gasteiger partial charge on any atom is -0.490 e. The van der Waals surface area contributed by atoms with Gasteiger partial charge in [0.2, 0.25) is 0 Å². The molecule has 128 valence electrons. The van der Waals surface area contributed by atoms with Crippen LogP contribution in [-0.4, -0.2) is 21.6 Å². The lowest BCUT2D eigenvalue weighted by Gasteiger charge is -2.22. The van der Waals surface area contributed by atoms with Crippen molar-refractivity contribution in [3.63, 3.8) is 0 Å². The zero-order valence-electron chi connectivity index (χ0n) is 12.2. The minimum atomic E-state index is -4.49. The van der Waals surface area contributed by atoms with Crippen LogP contribution in [-0.2, 0) is 16.2 Å². The van der Waals surface area contributed by atoms with Gasteiger partial charge in [0.05, 0.1) is 17.8 Å². The largest absolute Gasteiger partial charge is 0.490 e. The number of hydrogen-bond donors (Lipinski definition) is 1. The number of nitrogens with two attached hydrogens (primary N) is 1. The van der Waals surface area contributed by atoms with Gasteiger partial charge in [0.1, 0.15) is 17.3 Å². The molecule has 0 aliphatic carbocycles. The van der Waals surface area contributed by atoms with E-state index in [1.807, 2.05) is 0 Å². The maximum absolute atomic E-state index is 12.8. The summed E-state index contributed by atoms with van der Waals surface area (Å²) >= 11 is 0. The van der Waals surface area contributed by atoms with Crippen LogP contribution < -0.4 is 14.8 Å². The quantitative estimate of drug-likeness (QED) is 0.796. The van der Waals surface area contributed by atoms with Gasteiger partial charge in [-0.15, -0.1) is 0 Å². The number of benzene rings is 2. The number of nitrogens with zero attached hydrogens (tertiary/aromatic N) is 1. The summed E-state index contributed by atoms with van der Waals surface area (Å²) in [6, 6.07) is 8.18. The zero-order valence-corrected chi connectivity index (χ0v) is 13.1. The second kappa shape index (κ2) is 5.59. The fourth-order valence-corrected chi connectivity index (χ4v) is 4.03. The molecule has 5 nitrogen and oxygen atoms in total. The van der Waals surface area contributed by atoms with Gasteiger partial charge in [-0.05, 0) is 42.5 Å². The first-order valence-corrected chi connectivity index (χ1v) is 8.36. The molecule has 0 amide bonds. The average molecular weight is 358 g/mol. The van der Waals surface area contributed by atoms with Crippen molar-refractivity contribution in [2.24, 2.45) is 0 Å². The van der Waals surface area contributed by atoms with Crippen molar-refractivity contribution in [1.82, 2.24) is 0 Å². The van der Waals surface area contributed by atoms with Gasteiger partial charge in [-0.25, -0.2) is 8.42 Å². The maximum Gasteiger partial charge on any atom is 0.416 e. The SMILES string of the molecule is Nc1ccc2c(c1)S(=O)(=O)N(c1ccc(C(F)(F)F)cc1)CCO2. The molecule has 1 heterocycles. The van der Waals surface area contributed by atoms with Crippen LogP contribution in [0.3, 0.4) is 0 Å². The Kier molecular flexibility index (Phi) is 3.83. The van der Waals surface area contributed by atoms with E-state index in [0.29, 0.717) is 0 Å². The lowest BCUT2D eigenvalue weighted by Crippen LogP contribution is -2.32. The average Bonchev–Trinajstić information content (AvgIpc) is 2.63. The van der Waals surface area contributed by atoms with E-state index in [1.165, 1.54) is 18.2 Å². The number of halogens is 3. The summed E-state index contributed by atoms with van der Waals surface area (Å²) in [5.74, 6) is 0.165. The van der Waals surface area contributed by atoms with Gasteiger partial charge in [0.15, 0.2) is 0 Å². The number of hydrogen-bond acceptors (Lipinski definition) is 4. The monoisotopic (exact) mass is 358 g/mol. The molecule has 0 fully saturated rings. The van der Waals surface area contributed by atoms with Gasteiger partial charge in [0.25, 0.3) is 10.0 Å². The molecule has 0 atom stereocenters. The first kappa shape index (κ1) is 16.4. The molecule has 0 saturated carbocycles. The Morgan fingerprint density at radius 1 is 1.08 bits per heavy atom. The molecule has 3 rings (SSSR count). The molecule has 0 spiro atoms. The number of fused-ring (bicyclic) bond motifs is 1. The van der Waals surface area contributed by atoms with E-state index in [0.717, 1.165) is 28.6 Å². The highest BCUT2D eigenvalue weighted by atomic mass is 32.2. The number of sulfonamides is 1. The third-order valence-corrected chi connectivity index (χ3v) is 5.42. The number of nitrogen functional groups attached to an aromatic ring is 1. The van der Waals surface area contributed by atoms with Crippen molar-refractivity contribution in [2.45, 2.75) is 11.1 Å². The fraction of sp³-hybridized carbons (Fsp3) is 0.200. The summed E-state index contributed by atoms with van der Waals surface area (Å²) in [5.41, 5.74) is 5.17. The van der Waals surface area contributed by atoms with Crippen LogP contribution in [0.2, 0.25) is 0 Å². The number of rotatable bonds is 1. The second-order valence-electron chi connectivity index (χ2n) is 5.18. The molecule has 1 aliphatic rings. The molecule has 0 saturated heterocycles. The standard InChI is InChI=1S/C15H13F3N2O3S/c16-15(17,18)10-1-4-12(5-2-10)20-7-8-23-13-6-3-11(19)9-14(13)24(20,21)22/h1-6,9H,7-8,19H2. The van der Waals surface area contributed by atoms with E-state index < -0.39 is 21.8 Å². The summed E-state index contributed by atoms with van der Waals surface area (Å²) in [7, 11) is -4.00. The highest BCUT2D eigenvalue weighted by molar-refractivity contribution is 7.93. The Morgan fingerprint density at radius 3 is 2.38 bits per heavy atom. The molecule has 0 aromatic heterocycles. The molecule has 2 N–H and O–H groups in total. The third-order valence-electron chi connectivity index (χ3n) is 3.57. The summed E-state index contributed by atoms with van der Waals surface area (Å²) < 4.78 is 70.0. The first-order valence-electron chi connectivity index (χ1n) is 6.92. The van der Waals surface area contributed by atoms with Crippen molar-refractivity contribution in [3.05, 3.63) is 48.0 Å². The molecule has 9 heteroatoms. The molecule has 2 aromatic carbocycles. The van der Waals surface area contributed by atoms with Crippen LogP contribution in [0.5, 0.6) is 5.75 Å². The van der Waals surface area contributed by atoms with Crippen LogP contribution in [0.25, 0.3) is 0 Å². The highest BCUT2D eigenvalue weighted by Gasteiger charge is 2.33. The molecule has 24 heavy (non-hydrogen) atoms. The van der Waals surface area contributed by atoms with Crippen LogP contribution in [0.4, 0.5) is 24.5 Å². The summed E-state index contributed by atoms with van der Waals surface area (Å²) in [4.78, 5) is -0.111. The Bertz CT molecular complexity index is 865. The van der Waals surface area contributed by atoms with Crippen molar-refractivity contribution < 1.29 is 26.3 Å². The van der Waals surface area contributed by atoms with Crippen molar-refractivity contribution in [2.75, 3.05) is 23.2 Å². The minimum absolute atomic E-state index is 0.0255. The van der Waals surface area contributed by atoms with Crippen molar-refractivity contribution >= 4 is 21.4 Å². The molecule has 1 aliphatic heterocycles. The second-order valence-corrected chi connectivity index (χ2v) is 7.01. The molecule has 2 aromatic rings. The van der Waals surface area contributed by atoms with Crippen molar-refractivity contribution in [3.8, 4) is 5.75 Å². The Balaban J connectivity index is 2.05. The molecule has 0 bridgehead atoms. The smallest absolute Gasteiger partial charge is 0.416 e. The van der Waals surface area contributed by atoms with E-state index in [9.17, 15) is 21.6 Å². The topological polar surface area (TPSA) is 72.6 Å². The van der Waals surface area contributed by atoms with Crippen LogP contribution >= 0.6 is 0 Å². The van der Waals surface area contributed by atoms with Gasteiger partial charge in [0, 0.05) is 5.69 Å². The van der Waals surface area contributed by atoms with Crippen LogP contribution in [0, 0.1) is 0 Å². The predicted octanol–water partition coefficient (Wildman–Crippen LogP) is 2.88. The highest BCUT2D eigenvalue weighted by Crippen LogP contribution is 2.35. The summed E-state index contributed by atoms with van der Waals surface area (Å²) in [5, 5.41) is 0. The van der Waals surface area contributed by atoms with E-state index in [2.05, 4.69) is 0 Å². The fourth-order valence-electron chi connectivity index (χ4n) is 2.41. The molecule has 0 unspecified atom stereocenters. The van der Waals surface area contributed by atoms with E-state index in [4.69, 9.17) is 10.5 Å². The number of anilines is 2. The van der Waals surface area contributed by atoms with Gasteiger partial charge >= 0.3 is 6.18 Å². The van der Waals surface area contributed by atoms with Crippen LogP contribution in [0.15, 0.2) is 47.4 Å². The molecular weight excluding hydrogens is 345 g/mol. The van der Waals surface area contributed by atoms with E-state index in [1.54, 1.807) is 0 Å². The molecule has 0 radical (unpaired) electrons. The number of ether oxygens (including phenoxy) is 1. The number of alkyl halides is 3. The predicted molar refractivity (Wildman–Crippen MR) is 82.3 cm³/mol. The lowest BCUT2D eigenvalue weighted by molar-refractivity contribution is -0.137.